The summed E-state index contributed by atoms with van der Waals surface area (Å²) in [5, 5.41) is 3.18. The fraction of sp³-hybridized carbons (Fsp3) is 0.538. The van der Waals surface area contributed by atoms with Gasteiger partial charge in [0.05, 0.1) is 6.54 Å². The Morgan fingerprint density at radius 1 is 1.53 bits per heavy atom. The summed E-state index contributed by atoms with van der Waals surface area (Å²) in [6, 6.07) is 5.50. The summed E-state index contributed by atoms with van der Waals surface area (Å²) in [5.41, 5.74) is 5.47. The van der Waals surface area contributed by atoms with Crippen molar-refractivity contribution in [1.82, 2.24) is 20.6 Å². The zero-order valence-corrected chi connectivity index (χ0v) is 11.2. The van der Waals surface area contributed by atoms with Crippen molar-refractivity contribution in [2.24, 2.45) is 5.92 Å². The molecule has 1 atom stereocenters. The Balaban J connectivity index is 1.68. The lowest BCUT2D eigenvalue weighted by Crippen LogP contribution is -2.39. The fourth-order valence-corrected chi connectivity index (χ4v) is 2.32. The molecule has 104 valence electrons. The van der Waals surface area contributed by atoms with Crippen molar-refractivity contribution in [2.75, 3.05) is 38.7 Å². The number of hydrazine groups is 1. The van der Waals surface area contributed by atoms with Gasteiger partial charge in [0.1, 0.15) is 5.82 Å². The van der Waals surface area contributed by atoms with Gasteiger partial charge in [-0.25, -0.2) is 4.98 Å². The third-order valence-electron chi connectivity index (χ3n) is 3.22. The van der Waals surface area contributed by atoms with Crippen molar-refractivity contribution in [2.45, 2.75) is 6.42 Å². The minimum Gasteiger partial charge on any atom is -0.319 e. The molecule has 1 aliphatic rings. The van der Waals surface area contributed by atoms with Crippen molar-refractivity contribution >= 4 is 11.7 Å². The van der Waals surface area contributed by atoms with E-state index in [0.717, 1.165) is 26.1 Å². The number of pyridine rings is 1. The maximum atomic E-state index is 11.8. The van der Waals surface area contributed by atoms with Gasteiger partial charge >= 0.3 is 0 Å². The quantitative estimate of drug-likeness (QED) is 0.634. The highest BCUT2D eigenvalue weighted by atomic mass is 16.2. The van der Waals surface area contributed by atoms with Gasteiger partial charge in [0.25, 0.3) is 5.91 Å². The molecule has 2 rings (SSSR count). The number of hydrogen-bond donors (Lipinski definition) is 3. The lowest BCUT2D eigenvalue weighted by atomic mass is 10.1. The summed E-state index contributed by atoms with van der Waals surface area (Å²) in [7, 11) is 1.96. The number of nitrogens with zero attached hydrogens (tertiary/aromatic N) is 2. The zero-order chi connectivity index (χ0) is 13.5. The Morgan fingerprint density at radius 3 is 3.16 bits per heavy atom. The molecule has 0 bridgehead atoms. The number of hydrogen-bond acceptors (Lipinski definition) is 5. The molecule has 1 saturated heterocycles. The molecule has 2 heterocycles. The molecule has 0 aliphatic carbocycles. The van der Waals surface area contributed by atoms with Crippen LogP contribution < -0.4 is 16.2 Å². The summed E-state index contributed by atoms with van der Waals surface area (Å²) >= 11 is 0. The molecule has 19 heavy (non-hydrogen) atoms. The normalized spacial score (nSPS) is 19.3. The number of nitrogens with one attached hydrogen (secondary N) is 3. The Bertz CT molecular complexity index is 397. The number of amides is 1. The first kappa shape index (κ1) is 13.8. The van der Waals surface area contributed by atoms with E-state index in [-0.39, 0.29) is 5.91 Å². The van der Waals surface area contributed by atoms with Gasteiger partial charge in [-0.1, -0.05) is 6.07 Å². The van der Waals surface area contributed by atoms with E-state index in [0.29, 0.717) is 18.3 Å². The lowest BCUT2D eigenvalue weighted by molar-refractivity contribution is -0.121. The van der Waals surface area contributed by atoms with E-state index in [1.807, 2.05) is 19.2 Å². The SMILES string of the molecule is CNCC1CCN(CC(=O)NNc2ccccn2)C1. The minimum absolute atomic E-state index is 0.0317. The van der Waals surface area contributed by atoms with Crippen LogP contribution in [-0.2, 0) is 4.79 Å². The fourth-order valence-electron chi connectivity index (χ4n) is 2.32. The first-order valence-corrected chi connectivity index (χ1v) is 6.61. The Labute approximate surface area is 113 Å². The monoisotopic (exact) mass is 263 g/mol. The molecular formula is C13H21N5O. The number of aromatic nitrogens is 1. The number of carbonyl (C=O) groups excluding carboxylic acids is 1. The van der Waals surface area contributed by atoms with E-state index >= 15 is 0 Å². The molecule has 0 aromatic carbocycles. The van der Waals surface area contributed by atoms with Gasteiger partial charge in [-0.2, -0.15) is 0 Å². The zero-order valence-electron chi connectivity index (χ0n) is 11.2. The average molecular weight is 263 g/mol. The lowest BCUT2D eigenvalue weighted by Gasteiger charge is -2.16. The van der Waals surface area contributed by atoms with E-state index in [9.17, 15) is 4.79 Å². The second-order valence-corrected chi connectivity index (χ2v) is 4.84. The average Bonchev–Trinajstić information content (AvgIpc) is 2.85. The predicted molar refractivity (Wildman–Crippen MR) is 74.5 cm³/mol. The number of anilines is 1. The van der Waals surface area contributed by atoms with Gasteiger partial charge < -0.3 is 5.32 Å². The van der Waals surface area contributed by atoms with Gasteiger partial charge in [-0.05, 0) is 44.6 Å². The third-order valence-corrected chi connectivity index (χ3v) is 3.22. The summed E-state index contributed by atoms with van der Waals surface area (Å²) in [4.78, 5) is 18.0. The largest absolute Gasteiger partial charge is 0.319 e. The van der Waals surface area contributed by atoms with Crippen molar-refractivity contribution in [3.8, 4) is 0 Å². The van der Waals surface area contributed by atoms with Crippen LogP contribution in [0, 0.1) is 5.92 Å². The number of carbonyl (C=O) groups is 1. The van der Waals surface area contributed by atoms with Gasteiger partial charge in [0.2, 0.25) is 0 Å². The van der Waals surface area contributed by atoms with Gasteiger partial charge in [-0.3, -0.25) is 20.5 Å². The highest BCUT2D eigenvalue weighted by Crippen LogP contribution is 2.14. The van der Waals surface area contributed by atoms with E-state index in [4.69, 9.17) is 0 Å². The third kappa shape index (κ3) is 4.50. The highest BCUT2D eigenvalue weighted by Gasteiger charge is 2.23. The first-order chi connectivity index (χ1) is 9.28. The second kappa shape index (κ2) is 7.06. The molecule has 1 unspecified atom stereocenters. The van der Waals surface area contributed by atoms with Crippen molar-refractivity contribution < 1.29 is 4.79 Å². The predicted octanol–water partition coefficient (Wildman–Crippen LogP) is 0.0660. The summed E-state index contributed by atoms with van der Waals surface area (Å²) in [6.45, 7) is 3.42. The van der Waals surface area contributed by atoms with E-state index in [2.05, 4.69) is 26.1 Å². The van der Waals surface area contributed by atoms with Crippen LogP contribution in [0.15, 0.2) is 24.4 Å². The molecule has 1 amide bonds. The van der Waals surface area contributed by atoms with E-state index < -0.39 is 0 Å². The van der Waals surface area contributed by atoms with Crippen LogP contribution in [0.25, 0.3) is 0 Å². The molecule has 6 nitrogen and oxygen atoms in total. The first-order valence-electron chi connectivity index (χ1n) is 6.61. The van der Waals surface area contributed by atoms with Crippen LogP contribution in [0.5, 0.6) is 0 Å². The summed E-state index contributed by atoms with van der Waals surface area (Å²) < 4.78 is 0. The standard InChI is InChI=1S/C13H21N5O/c1-14-8-11-5-7-18(9-11)10-13(19)17-16-12-4-2-3-6-15-12/h2-4,6,11,14H,5,7-10H2,1H3,(H,15,16)(H,17,19). The molecule has 0 spiro atoms. The molecule has 0 radical (unpaired) electrons. The summed E-state index contributed by atoms with van der Waals surface area (Å²) in [5.74, 6) is 1.27. The highest BCUT2D eigenvalue weighted by molar-refractivity contribution is 5.79. The van der Waals surface area contributed by atoms with Crippen LogP contribution in [0.3, 0.4) is 0 Å². The van der Waals surface area contributed by atoms with Gasteiger partial charge in [0.15, 0.2) is 0 Å². The molecular weight excluding hydrogens is 242 g/mol. The van der Waals surface area contributed by atoms with Crippen molar-refractivity contribution in [3.05, 3.63) is 24.4 Å². The number of rotatable bonds is 6. The topological polar surface area (TPSA) is 69.3 Å². The van der Waals surface area contributed by atoms with Crippen LogP contribution in [0.1, 0.15) is 6.42 Å². The maximum absolute atomic E-state index is 11.8. The molecule has 1 aromatic heterocycles. The Kier molecular flexibility index (Phi) is 5.11. The summed E-state index contributed by atoms with van der Waals surface area (Å²) in [6.07, 6.45) is 2.83. The van der Waals surface area contributed by atoms with Gasteiger partial charge in [-0.15, -0.1) is 0 Å². The van der Waals surface area contributed by atoms with Crippen LogP contribution in [0.4, 0.5) is 5.82 Å². The van der Waals surface area contributed by atoms with Crippen LogP contribution in [0.2, 0.25) is 0 Å². The molecule has 3 N–H and O–H groups in total. The van der Waals surface area contributed by atoms with Crippen LogP contribution in [-0.4, -0.2) is 49.0 Å². The number of likely N-dealkylation sites (tertiary alicyclic amines) is 1. The van der Waals surface area contributed by atoms with Gasteiger partial charge in [0, 0.05) is 12.7 Å². The Morgan fingerprint density at radius 2 is 2.42 bits per heavy atom. The smallest absolute Gasteiger partial charge is 0.252 e. The Hall–Kier alpha value is -1.66. The van der Waals surface area contributed by atoms with E-state index in [1.54, 1.807) is 12.3 Å². The van der Waals surface area contributed by atoms with Crippen molar-refractivity contribution in [3.63, 3.8) is 0 Å². The molecule has 1 fully saturated rings. The van der Waals surface area contributed by atoms with Crippen molar-refractivity contribution in [1.29, 1.82) is 0 Å². The molecule has 1 aromatic rings. The van der Waals surface area contributed by atoms with Crippen LogP contribution >= 0.6 is 0 Å². The molecule has 0 saturated carbocycles. The van der Waals surface area contributed by atoms with E-state index in [1.165, 1.54) is 0 Å². The second-order valence-electron chi connectivity index (χ2n) is 4.84. The molecule has 1 aliphatic heterocycles. The maximum Gasteiger partial charge on any atom is 0.252 e. The minimum atomic E-state index is -0.0317. The molecule has 6 heteroatoms.